The van der Waals surface area contributed by atoms with Crippen molar-refractivity contribution in [2.75, 3.05) is 37.6 Å². The monoisotopic (exact) mass is 449 g/mol. The second-order valence-corrected chi connectivity index (χ2v) is 8.32. The van der Waals surface area contributed by atoms with Gasteiger partial charge in [0.25, 0.3) is 0 Å². The van der Waals surface area contributed by atoms with Gasteiger partial charge in [0.05, 0.1) is 5.56 Å². The molecule has 4 rings (SSSR count). The standard InChI is InChI=1S/C22H23ClF3N5/c1-14(2)13-29-8-10-30(11-9-29)18-12-15(3)27-21-19(16-6-4-5-7-17(16)23)20(22(24,25)26)28-31(18)21/h4-7,12H,1,8-11,13H2,2-3H3. The quantitative estimate of drug-likeness (QED) is 0.521. The van der Waals surface area contributed by atoms with Crippen molar-refractivity contribution < 1.29 is 13.2 Å². The predicted molar refractivity (Wildman–Crippen MR) is 117 cm³/mol. The molecule has 0 radical (unpaired) electrons. The molecule has 1 saturated heterocycles. The number of hydrogen-bond acceptors (Lipinski definition) is 4. The topological polar surface area (TPSA) is 36.7 Å². The maximum absolute atomic E-state index is 14.0. The fraction of sp³-hybridized carbons (Fsp3) is 0.364. The highest BCUT2D eigenvalue weighted by Gasteiger charge is 2.40. The van der Waals surface area contributed by atoms with E-state index in [2.05, 4.69) is 26.5 Å². The van der Waals surface area contributed by atoms with E-state index in [1.54, 1.807) is 37.3 Å². The molecule has 1 aromatic carbocycles. The van der Waals surface area contributed by atoms with E-state index in [-0.39, 0.29) is 21.8 Å². The molecule has 164 valence electrons. The molecule has 2 aromatic heterocycles. The van der Waals surface area contributed by atoms with Gasteiger partial charge in [-0.25, -0.2) is 4.98 Å². The van der Waals surface area contributed by atoms with Crippen molar-refractivity contribution in [2.24, 2.45) is 0 Å². The number of piperazine rings is 1. The van der Waals surface area contributed by atoms with Gasteiger partial charge in [0.1, 0.15) is 5.82 Å². The molecule has 0 aliphatic carbocycles. The molecule has 0 N–H and O–H groups in total. The molecule has 5 nitrogen and oxygen atoms in total. The van der Waals surface area contributed by atoms with Crippen LogP contribution in [0.1, 0.15) is 18.3 Å². The Morgan fingerprint density at radius 3 is 2.45 bits per heavy atom. The summed E-state index contributed by atoms with van der Waals surface area (Å²) in [5, 5.41) is 4.21. The number of rotatable bonds is 4. The summed E-state index contributed by atoms with van der Waals surface area (Å²) in [4.78, 5) is 8.77. The van der Waals surface area contributed by atoms with Crippen molar-refractivity contribution in [3.8, 4) is 11.1 Å². The Morgan fingerprint density at radius 2 is 1.84 bits per heavy atom. The summed E-state index contributed by atoms with van der Waals surface area (Å²) in [6, 6.07) is 8.25. The van der Waals surface area contributed by atoms with Crippen LogP contribution in [0.3, 0.4) is 0 Å². The summed E-state index contributed by atoms with van der Waals surface area (Å²) < 4.78 is 43.2. The van der Waals surface area contributed by atoms with Crippen molar-refractivity contribution in [3.63, 3.8) is 0 Å². The first kappa shape index (κ1) is 21.6. The molecular formula is C22H23ClF3N5. The smallest absolute Gasteiger partial charge is 0.354 e. The largest absolute Gasteiger partial charge is 0.435 e. The summed E-state index contributed by atoms with van der Waals surface area (Å²) in [5.74, 6) is 0.598. The van der Waals surface area contributed by atoms with Gasteiger partial charge in [0, 0.05) is 55.1 Å². The van der Waals surface area contributed by atoms with Gasteiger partial charge in [-0.3, -0.25) is 4.90 Å². The van der Waals surface area contributed by atoms with Gasteiger partial charge in [-0.2, -0.15) is 22.8 Å². The van der Waals surface area contributed by atoms with E-state index in [4.69, 9.17) is 11.6 Å². The number of aryl methyl sites for hydroxylation is 1. The average Bonchev–Trinajstić information content (AvgIpc) is 3.07. The zero-order valence-corrected chi connectivity index (χ0v) is 18.1. The lowest BCUT2D eigenvalue weighted by Gasteiger charge is -2.36. The second kappa shape index (κ2) is 8.16. The van der Waals surface area contributed by atoms with E-state index in [9.17, 15) is 13.2 Å². The SMILES string of the molecule is C=C(C)CN1CCN(c2cc(C)nc3c(-c4ccccc4Cl)c(C(F)(F)F)nn23)CC1. The molecule has 0 spiro atoms. The number of nitrogens with zero attached hydrogens (tertiary/aromatic N) is 5. The van der Waals surface area contributed by atoms with Crippen LogP contribution >= 0.6 is 11.6 Å². The second-order valence-electron chi connectivity index (χ2n) is 7.91. The molecule has 1 fully saturated rings. The van der Waals surface area contributed by atoms with Gasteiger partial charge in [-0.1, -0.05) is 42.0 Å². The maximum atomic E-state index is 14.0. The van der Waals surface area contributed by atoms with E-state index in [0.717, 1.165) is 25.2 Å². The molecule has 3 heterocycles. The minimum Gasteiger partial charge on any atom is -0.354 e. The normalized spacial score (nSPS) is 15.6. The van der Waals surface area contributed by atoms with E-state index in [1.165, 1.54) is 4.52 Å². The van der Waals surface area contributed by atoms with Gasteiger partial charge < -0.3 is 4.90 Å². The summed E-state index contributed by atoms with van der Waals surface area (Å²) >= 11 is 6.27. The molecule has 0 atom stereocenters. The van der Waals surface area contributed by atoms with E-state index in [0.29, 0.717) is 24.6 Å². The summed E-state index contributed by atoms with van der Waals surface area (Å²) in [5.41, 5.74) is 1.04. The number of hydrogen-bond donors (Lipinski definition) is 0. The van der Waals surface area contributed by atoms with Crippen molar-refractivity contribution in [3.05, 3.63) is 58.9 Å². The summed E-state index contributed by atoms with van der Waals surface area (Å²) in [6.07, 6.45) is -4.65. The Balaban J connectivity index is 1.84. The van der Waals surface area contributed by atoms with Crippen LogP contribution in [0, 0.1) is 6.92 Å². The van der Waals surface area contributed by atoms with Gasteiger partial charge >= 0.3 is 6.18 Å². The zero-order chi connectivity index (χ0) is 22.3. The highest BCUT2D eigenvalue weighted by molar-refractivity contribution is 6.33. The number of halogens is 4. The van der Waals surface area contributed by atoms with Gasteiger partial charge in [0.2, 0.25) is 0 Å². The molecule has 0 bridgehead atoms. The molecule has 0 unspecified atom stereocenters. The third-order valence-corrected chi connectivity index (χ3v) is 5.63. The minimum atomic E-state index is -4.65. The number of aromatic nitrogens is 3. The Bertz CT molecular complexity index is 1130. The molecule has 0 saturated carbocycles. The fourth-order valence-corrected chi connectivity index (χ4v) is 4.20. The molecule has 1 aliphatic heterocycles. The predicted octanol–water partition coefficient (Wildman–Crippen LogP) is 5.08. The molecule has 9 heteroatoms. The highest BCUT2D eigenvalue weighted by atomic mass is 35.5. The number of anilines is 1. The molecule has 0 amide bonds. The van der Waals surface area contributed by atoms with Crippen molar-refractivity contribution >= 4 is 23.1 Å². The van der Waals surface area contributed by atoms with Crippen LogP contribution in [0.25, 0.3) is 16.8 Å². The lowest BCUT2D eigenvalue weighted by molar-refractivity contribution is -0.140. The first-order chi connectivity index (χ1) is 14.6. The van der Waals surface area contributed by atoms with E-state index < -0.39 is 11.9 Å². The van der Waals surface area contributed by atoms with E-state index >= 15 is 0 Å². The summed E-state index contributed by atoms with van der Waals surface area (Å²) in [6.45, 7) is 11.5. The van der Waals surface area contributed by atoms with Crippen LogP contribution in [-0.4, -0.2) is 52.2 Å². The Labute approximate surface area is 183 Å². The summed E-state index contributed by atoms with van der Waals surface area (Å²) in [7, 11) is 0. The van der Waals surface area contributed by atoms with Crippen LogP contribution < -0.4 is 4.90 Å². The Kier molecular flexibility index (Phi) is 5.70. The third-order valence-electron chi connectivity index (χ3n) is 5.30. The lowest BCUT2D eigenvalue weighted by Crippen LogP contribution is -2.47. The highest BCUT2D eigenvalue weighted by Crippen LogP contribution is 2.41. The first-order valence-corrected chi connectivity index (χ1v) is 10.4. The lowest BCUT2D eigenvalue weighted by atomic mass is 10.1. The van der Waals surface area contributed by atoms with Gasteiger partial charge in [-0.15, -0.1) is 0 Å². The molecule has 3 aromatic rings. The fourth-order valence-electron chi connectivity index (χ4n) is 3.97. The molecule has 31 heavy (non-hydrogen) atoms. The number of alkyl halides is 3. The van der Waals surface area contributed by atoms with Crippen LogP contribution in [0.5, 0.6) is 0 Å². The maximum Gasteiger partial charge on any atom is 0.435 e. The van der Waals surface area contributed by atoms with Crippen LogP contribution in [0.2, 0.25) is 5.02 Å². The Morgan fingerprint density at radius 1 is 1.16 bits per heavy atom. The molecular weight excluding hydrogens is 427 g/mol. The number of fused-ring (bicyclic) bond motifs is 1. The Hall–Kier alpha value is -2.58. The first-order valence-electron chi connectivity index (χ1n) is 9.99. The van der Waals surface area contributed by atoms with Crippen molar-refractivity contribution in [1.29, 1.82) is 0 Å². The van der Waals surface area contributed by atoms with E-state index in [1.807, 2.05) is 6.92 Å². The van der Waals surface area contributed by atoms with Crippen LogP contribution in [0.4, 0.5) is 19.0 Å². The van der Waals surface area contributed by atoms with Crippen LogP contribution in [-0.2, 0) is 6.18 Å². The van der Waals surface area contributed by atoms with Crippen molar-refractivity contribution in [2.45, 2.75) is 20.0 Å². The van der Waals surface area contributed by atoms with Gasteiger partial charge in [-0.05, 0) is 19.9 Å². The molecule has 1 aliphatic rings. The minimum absolute atomic E-state index is 0.0935. The van der Waals surface area contributed by atoms with Crippen LogP contribution in [0.15, 0.2) is 42.5 Å². The number of benzene rings is 1. The van der Waals surface area contributed by atoms with Gasteiger partial charge in [0.15, 0.2) is 11.3 Å². The average molecular weight is 450 g/mol. The zero-order valence-electron chi connectivity index (χ0n) is 17.4. The van der Waals surface area contributed by atoms with Crippen molar-refractivity contribution in [1.82, 2.24) is 19.5 Å². The third kappa shape index (κ3) is 4.27.